The van der Waals surface area contributed by atoms with Crippen molar-refractivity contribution in [2.45, 2.75) is 56.2 Å². The molecule has 0 amide bonds. The van der Waals surface area contributed by atoms with E-state index in [4.69, 9.17) is 9.47 Å². The van der Waals surface area contributed by atoms with Crippen LogP contribution in [0.1, 0.15) is 47.6 Å². The normalized spacial score (nSPS) is 31.8. The summed E-state index contributed by atoms with van der Waals surface area (Å²) in [6.07, 6.45) is -4.13. The van der Waals surface area contributed by atoms with E-state index in [1.807, 2.05) is 12.1 Å². The molecular weight excluding hydrogens is 372 g/mol. The van der Waals surface area contributed by atoms with Crippen molar-refractivity contribution in [1.82, 2.24) is 0 Å². The number of aliphatic hydroxyl groups is 4. The van der Waals surface area contributed by atoms with E-state index in [-0.39, 0.29) is 5.92 Å². The summed E-state index contributed by atoms with van der Waals surface area (Å²) in [4.78, 5) is 0. The highest BCUT2D eigenvalue weighted by Crippen LogP contribution is 2.45. The van der Waals surface area contributed by atoms with Crippen LogP contribution in [0.3, 0.4) is 0 Å². The average molecular weight is 400 g/mol. The first-order valence-corrected chi connectivity index (χ1v) is 10.2. The summed E-state index contributed by atoms with van der Waals surface area (Å²) in [6, 6.07) is 14.3. The standard InChI is InChI=1S/C23H28O6/c1-2-13-6-8-14(9-7-13)15-10-11-28-22-16(15)4-3-5-17(22)23-21(27)20(26)19(25)18(12-24)29-23/h3-9,15,18-21,23-27H,2,10-12H2,1H3. The number of aryl methyl sites for hydroxylation is 1. The molecule has 6 heteroatoms. The molecule has 0 aliphatic carbocycles. The Labute approximate surface area is 170 Å². The van der Waals surface area contributed by atoms with Gasteiger partial charge in [-0.2, -0.15) is 0 Å². The molecule has 2 aliphatic heterocycles. The predicted molar refractivity (Wildman–Crippen MR) is 107 cm³/mol. The molecule has 6 nitrogen and oxygen atoms in total. The second kappa shape index (κ2) is 8.42. The Balaban J connectivity index is 1.70. The summed E-state index contributed by atoms with van der Waals surface area (Å²) >= 11 is 0. The average Bonchev–Trinajstić information content (AvgIpc) is 2.77. The quantitative estimate of drug-likeness (QED) is 0.623. The van der Waals surface area contributed by atoms with Crippen LogP contribution in [0.4, 0.5) is 0 Å². The Bertz CT molecular complexity index is 834. The molecule has 0 radical (unpaired) electrons. The van der Waals surface area contributed by atoms with Gasteiger partial charge < -0.3 is 29.9 Å². The summed E-state index contributed by atoms with van der Waals surface area (Å²) in [7, 11) is 0. The summed E-state index contributed by atoms with van der Waals surface area (Å²) < 4.78 is 11.7. The zero-order valence-electron chi connectivity index (χ0n) is 16.4. The van der Waals surface area contributed by atoms with Crippen LogP contribution in [-0.4, -0.2) is 58.1 Å². The molecule has 0 saturated carbocycles. The number of rotatable bonds is 4. The predicted octanol–water partition coefficient (Wildman–Crippen LogP) is 1.68. The number of ether oxygens (including phenoxy) is 2. The monoisotopic (exact) mass is 400 g/mol. The topological polar surface area (TPSA) is 99.4 Å². The molecule has 2 heterocycles. The molecular formula is C23H28O6. The van der Waals surface area contributed by atoms with Gasteiger partial charge in [0.25, 0.3) is 0 Å². The van der Waals surface area contributed by atoms with Crippen molar-refractivity contribution in [3.05, 3.63) is 64.7 Å². The van der Waals surface area contributed by atoms with Crippen LogP contribution in [0.15, 0.2) is 42.5 Å². The lowest BCUT2D eigenvalue weighted by molar-refractivity contribution is -0.232. The highest BCUT2D eigenvalue weighted by Gasteiger charge is 2.45. The number of para-hydroxylation sites is 1. The number of hydrogen-bond acceptors (Lipinski definition) is 6. The van der Waals surface area contributed by atoms with Crippen molar-refractivity contribution in [1.29, 1.82) is 0 Å². The molecule has 4 rings (SSSR count). The largest absolute Gasteiger partial charge is 0.493 e. The van der Waals surface area contributed by atoms with Gasteiger partial charge in [-0.3, -0.25) is 0 Å². The lowest BCUT2D eigenvalue weighted by Gasteiger charge is -2.41. The second-order valence-electron chi connectivity index (χ2n) is 7.80. The first-order chi connectivity index (χ1) is 14.0. The second-order valence-corrected chi connectivity index (χ2v) is 7.80. The van der Waals surface area contributed by atoms with Crippen LogP contribution < -0.4 is 4.74 Å². The molecule has 156 valence electrons. The van der Waals surface area contributed by atoms with Crippen LogP contribution in [0.25, 0.3) is 0 Å². The first kappa shape index (κ1) is 20.3. The van der Waals surface area contributed by atoms with E-state index in [1.165, 1.54) is 11.1 Å². The van der Waals surface area contributed by atoms with Crippen molar-refractivity contribution in [3.8, 4) is 5.75 Å². The van der Waals surface area contributed by atoms with Gasteiger partial charge in [0.1, 0.15) is 36.3 Å². The molecule has 0 aromatic heterocycles. The Hall–Kier alpha value is -1.96. The molecule has 2 aromatic rings. The van der Waals surface area contributed by atoms with Gasteiger partial charge in [-0.25, -0.2) is 0 Å². The molecule has 2 aromatic carbocycles. The molecule has 1 saturated heterocycles. The fourth-order valence-electron chi connectivity index (χ4n) is 4.36. The smallest absolute Gasteiger partial charge is 0.129 e. The summed E-state index contributed by atoms with van der Waals surface area (Å²) in [6.45, 7) is 2.21. The van der Waals surface area contributed by atoms with E-state index < -0.39 is 37.1 Å². The zero-order valence-corrected chi connectivity index (χ0v) is 16.4. The molecule has 6 atom stereocenters. The van der Waals surface area contributed by atoms with Crippen molar-refractivity contribution >= 4 is 0 Å². The molecule has 4 N–H and O–H groups in total. The Morgan fingerprint density at radius 1 is 0.931 bits per heavy atom. The van der Waals surface area contributed by atoms with E-state index in [9.17, 15) is 20.4 Å². The van der Waals surface area contributed by atoms with Gasteiger partial charge in [-0.05, 0) is 24.0 Å². The summed E-state index contributed by atoms with van der Waals surface area (Å²) in [5.41, 5.74) is 4.12. The highest BCUT2D eigenvalue weighted by molar-refractivity contribution is 5.50. The van der Waals surface area contributed by atoms with Gasteiger partial charge in [0.15, 0.2) is 0 Å². The number of aliphatic hydroxyl groups excluding tert-OH is 4. The lowest BCUT2D eigenvalue weighted by Crippen LogP contribution is -2.55. The summed E-state index contributed by atoms with van der Waals surface area (Å²) in [5, 5.41) is 40.3. The van der Waals surface area contributed by atoms with Gasteiger partial charge in [0.05, 0.1) is 13.2 Å². The lowest BCUT2D eigenvalue weighted by atomic mass is 9.83. The van der Waals surface area contributed by atoms with Crippen molar-refractivity contribution in [2.24, 2.45) is 0 Å². The van der Waals surface area contributed by atoms with Crippen LogP contribution >= 0.6 is 0 Å². The number of fused-ring (bicyclic) bond motifs is 1. The third-order valence-electron chi connectivity index (χ3n) is 6.09. The van der Waals surface area contributed by atoms with Crippen LogP contribution in [0.5, 0.6) is 5.75 Å². The van der Waals surface area contributed by atoms with Gasteiger partial charge in [0, 0.05) is 17.0 Å². The SMILES string of the molecule is CCc1ccc(C2CCOc3c2cccc3C2OC(CO)C(O)C(O)C2O)cc1. The molecule has 29 heavy (non-hydrogen) atoms. The molecule has 1 fully saturated rings. The van der Waals surface area contributed by atoms with Gasteiger partial charge in [0.2, 0.25) is 0 Å². The van der Waals surface area contributed by atoms with E-state index in [2.05, 4.69) is 31.2 Å². The van der Waals surface area contributed by atoms with Crippen molar-refractivity contribution < 1.29 is 29.9 Å². The number of benzene rings is 2. The highest BCUT2D eigenvalue weighted by atomic mass is 16.5. The number of hydrogen-bond donors (Lipinski definition) is 4. The fraction of sp³-hybridized carbons (Fsp3) is 0.478. The molecule has 2 aliphatic rings. The summed E-state index contributed by atoms with van der Waals surface area (Å²) in [5.74, 6) is 0.808. The van der Waals surface area contributed by atoms with E-state index >= 15 is 0 Å². The molecule has 6 unspecified atom stereocenters. The minimum atomic E-state index is -1.41. The minimum Gasteiger partial charge on any atom is -0.493 e. The van der Waals surface area contributed by atoms with Crippen molar-refractivity contribution in [3.63, 3.8) is 0 Å². The van der Waals surface area contributed by atoms with E-state index in [1.54, 1.807) is 6.07 Å². The van der Waals surface area contributed by atoms with Crippen LogP contribution in [0.2, 0.25) is 0 Å². The minimum absolute atomic E-state index is 0.162. The van der Waals surface area contributed by atoms with E-state index in [0.717, 1.165) is 18.4 Å². The fourth-order valence-corrected chi connectivity index (χ4v) is 4.36. The Kier molecular flexibility index (Phi) is 5.90. The first-order valence-electron chi connectivity index (χ1n) is 10.2. The van der Waals surface area contributed by atoms with Gasteiger partial charge in [-0.15, -0.1) is 0 Å². The van der Waals surface area contributed by atoms with Crippen molar-refractivity contribution in [2.75, 3.05) is 13.2 Å². The maximum Gasteiger partial charge on any atom is 0.129 e. The Morgan fingerprint density at radius 3 is 2.34 bits per heavy atom. The van der Waals surface area contributed by atoms with Crippen LogP contribution in [0, 0.1) is 0 Å². The zero-order chi connectivity index (χ0) is 20.5. The van der Waals surface area contributed by atoms with Gasteiger partial charge in [-0.1, -0.05) is 49.4 Å². The molecule has 0 spiro atoms. The Morgan fingerprint density at radius 2 is 1.66 bits per heavy atom. The molecule has 0 bridgehead atoms. The third kappa shape index (κ3) is 3.67. The maximum absolute atomic E-state index is 10.5. The third-order valence-corrected chi connectivity index (χ3v) is 6.09. The van der Waals surface area contributed by atoms with Gasteiger partial charge >= 0.3 is 0 Å². The maximum atomic E-state index is 10.5. The van der Waals surface area contributed by atoms with E-state index in [0.29, 0.717) is 17.9 Å². The van der Waals surface area contributed by atoms with Crippen LogP contribution in [-0.2, 0) is 11.2 Å².